The van der Waals surface area contributed by atoms with Gasteiger partial charge in [0, 0.05) is 38.3 Å². The summed E-state index contributed by atoms with van der Waals surface area (Å²) in [6.45, 7) is 4.79. The van der Waals surface area contributed by atoms with Crippen LogP contribution >= 0.6 is 0 Å². The first-order chi connectivity index (χ1) is 10.3. The van der Waals surface area contributed by atoms with Crippen LogP contribution in [0.4, 0.5) is 0 Å². The number of piperazine rings is 1. The molecular weight excluding hydrogens is 260 g/mol. The lowest BCUT2D eigenvalue weighted by atomic mass is 9.80. The summed E-state index contributed by atoms with van der Waals surface area (Å²) in [5, 5.41) is 3.75. The molecule has 2 aliphatic carbocycles. The van der Waals surface area contributed by atoms with Crippen molar-refractivity contribution in [1.29, 1.82) is 0 Å². The molecule has 1 saturated heterocycles. The van der Waals surface area contributed by atoms with Gasteiger partial charge < -0.3 is 10.1 Å². The molecule has 0 aromatic rings. The summed E-state index contributed by atoms with van der Waals surface area (Å²) in [4.78, 5) is 2.89. The van der Waals surface area contributed by atoms with Crippen LogP contribution in [0.1, 0.15) is 64.7 Å². The van der Waals surface area contributed by atoms with E-state index in [1.165, 1.54) is 70.9 Å². The van der Waals surface area contributed by atoms with E-state index in [2.05, 4.69) is 17.1 Å². The van der Waals surface area contributed by atoms with Gasteiger partial charge in [0.1, 0.15) is 0 Å². The number of nitrogens with zero attached hydrogens (tertiary/aromatic N) is 1. The standard InChI is InChI=1S/C18H34N2O/c1-14-13-20(16-9-6-10-17(11-16)21-2)18(12-19-14)15-7-4-3-5-8-15/h14-19H,3-13H2,1-2H3. The van der Waals surface area contributed by atoms with Gasteiger partial charge in [-0.3, -0.25) is 4.90 Å². The zero-order valence-electron chi connectivity index (χ0n) is 14.0. The predicted octanol–water partition coefficient (Wildman–Crippen LogP) is 3.19. The van der Waals surface area contributed by atoms with Gasteiger partial charge in [0.25, 0.3) is 0 Å². The van der Waals surface area contributed by atoms with Gasteiger partial charge in [0.15, 0.2) is 0 Å². The third-order valence-corrected chi connectivity index (χ3v) is 6.18. The van der Waals surface area contributed by atoms with Gasteiger partial charge in [-0.1, -0.05) is 19.3 Å². The Bertz CT molecular complexity index is 316. The molecule has 122 valence electrons. The second kappa shape index (κ2) is 7.43. The summed E-state index contributed by atoms with van der Waals surface area (Å²) in [5.41, 5.74) is 0. The van der Waals surface area contributed by atoms with Gasteiger partial charge in [-0.05, 0) is 51.4 Å². The van der Waals surface area contributed by atoms with E-state index in [1.54, 1.807) is 0 Å². The number of methoxy groups -OCH3 is 1. The molecule has 4 unspecified atom stereocenters. The lowest BCUT2D eigenvalue weighted by Crippen LogP contribution is -2.62. The van der Waals surface area contributed by atoms with Gasteiger partial charge in [0.2, 0.25) is 0 Å². The fraction of sp³-hybridized carbons (Fsp3) is 1.00. The van der Waals surface area contributed by atoms with Crippen molar-refractivity contribution in [1.82, 2.24) is 10.2 Å². The molecule has 3 fully saturated rings. The maximum absolute atomic E-state index is 5.68. The predicted molar refractivity (Wildman–Crippen MR) is 87.6 cm³/mol. The van der Waals surface area contributed by atoms with Crippen LogP contribution in [0.5, 0.6) is 0 Å². The van der Waals surface area contributed by atoms with Gasteiger partial charge in [-0.25, -0.2) is 0 Å². The first-order valence-corrected chi connectivity index (χ1v) is 9.30. The second-order valence-electron chi connectivity index (χ2n) is 7.65. The molecule has 0 aromatic carbocycles. The Labute approximate surface area is 130 Å². The molecule has 21 heavy (non-hydrogen) atoms. The lowest BCUT2D eigenvalue weighted by molar-refractivity contribution is -0.0167. The quantitative estimate of drug-likeness (QED) is 0.865. The number of ether oxygens (including phenoxy) is 1. The summed E-state index contributed by atoms with van der Waals surface area (Å²) in [7, 11) is 1.89. The van der Waals surface area contributed by atoms with Crippen LogP contribution < -0.4 is 5.32 Å². The van der Waals surface area contributed by atoms with Crippen LogP contribution in [0.2, 0.25) is 0 Å². The average molecular weight is 294 g/mol. The molecule has 0 spiro atoms. The maximum Gasteiger partial charge on any atom is 0.0586 e. The largest absolute Gasteiger partial charge is 0.381 e. The highest BCUT2D eigenvalue weighted by Gasteiger charge is 2.38. The molecule has 0 bridgehead atoms. The normalized spacial score (nSPS) is 40.3. The minimum Gasteiger partial charge on any atom is -0.381 e. The van der Waals surface area contributed by atoms with E-state index < -0.39 is 0 Å². The first kappa shape index (κ1) is 15.8. The Morgan fingerprint density at radius 3 is 2.57 bits per heavy atom. The van der Waals surface area contributed by atoms with E-state index in [9.17, 15) is 0 Å². The highest BCUT2D eigenvalue weighted by atomic mass is 16.5. The molecule has 3 aliphatic rings. The lowest BCUT2D eigenvalue weighted by Gasteiger charge is -2.49. The van der Waals surface area contributed by atoms with Crippen molar-refractivity contribution in [3.8, 4) is 0 Å². The van der Waals surface area contributed by atoms with Crippen molar-refractivity contribution in [2.24, 2.45) is 5.92 Å². The van der Waals surface area contributed by atoms with E-state index in [1.807, 2.05) is 7.11 Å². The van der Waals surface area contributed by atoms with Crippen molar-refractivity contribution < 1.29 is 4.74 Å². The minimum absolute atomic E-state index is 0.501. The van der Waals surface area contributed by atoms with Gasteiger partial charge >= 0.3 is 0 Å². The molecule has 2 saturated carbocycles. The van der Waals surface area contributed by atoms with Crippen molar-refractivity contribution in [3.05, 3.63) is 0 Å². The highest BCUT2D eigenvalue weighted by Crippen LogP contribution is 2.34. The van der Waals surface area contributed by atoms with Crippen LogP contribution in [-0.4, -0.2) is 49.3 Å². The van der Waals surface area contributed by atoms with Crippen LogP contribution in [0.15, 0.2) is 0 Å². The number of hydrogen-bond acceptors (Lipinski definition) is 3. The number of rotatable bonds is 3. The molecule has 1 aliphatic heterocycles. The topological polar surface area (TPSA) is 24.5 Å². The molecule has 4 atom stereocenters. The fourth-order valence-corrected chi connectivity index (χ4v) is 4.97. The van der Waals surface area contributed by atoms with Crippen LogP contribution in [-0.2, 0) is 4.74 Å². The second-order valence-corrected chi connectivity index (χ2v) is 7.65. The van der Waals surface area contributed by atoms with E-state index in [0.29, 0.717) is 12.1 Å². The van der Waals surface area contributed by atoms with Crippen molar-refractivity contribution in [2.75, 3.05) is 20.2 Å². The fourth-order valence-electron chi connectivity index (χ4n) is 4.97. The number of nitrogens with one attached hydrogen (secondary N) is 1. The van der Waals surface area contributed by atoms with E-state index in [0.717, 1.165) is 18.0 Å². The molecule has 3 heteroatoms. The van der Waals surface area contributed by atoms with Gasteiger partial charge in [-0.2, -0.15) is 0 Å². The maximum atomic E-state index is 5.68. The molecular formula is C18H34N2O. The van der Waals surface area contributed by atoms with E-state index in [4.69, 9.17) is 4.74 Å². The Morgan fingerprint density at radius 2 is 1.81 bits per heavy atom. The van der Waals surface area contributed by atoms with E-state index in [-0.39, 0.29) is 0 Å². The Balaban J connectivity index is 1.68. The Kier molecular flexibility index (Phi) is 5.58. The summed E-state index contributed by atoms with van der Waals surface area (Å²) in [6.07, 6.45) is 13.0. The molecule has 1 N–H and O–H groups in total. The zero-order chi connectivity index (χ0) is 14.7. The summed E-state index contributed by atoms with van der Waals surface area (Å²) < 4.78 is 5.68. The molecule has 3 nitrogen and oxygen atoms in total. The SMILES string of the molecule is COC1CCCC(N2CC(C)NCC2C2CCCCC2)C1. The highest BCUT2D eigenvalue weighted by molar-refractivity contribution is 4.94. The number of hydrogen-bond donors (Lipinski definition) is 1. The first-order valence-electron chi connectivity index (χ1n) is 9.30. The third-order valence-electron chi connectivity index (χ3n) is 6.18. The van der Waals surface area contributed by atoms with Crippen molar-refractivity contribution in [2.45, 2.75) is 88.9 Å². The average Bonchev–Trinajstić information content (AvgIpc) is 2.55. The van der Waals surface area contributed by atoms with E-state index >= 15 is 0 Å². The Morgan fingerprint density at radius 1 is 1.00 bits per heavy atom. The van der Waals surface area contributed by atoms with Crippen LogP contribution in [0, 0.1) is 5.92 Å². The third kappa shape index (κ3) is 3.80. The monoisotopic (exact) mass is 294 g/mol. The molecule has 0 radical (unpaired) electrons. The smallest absolute Gasteiger partial charge is 0.0586 e. The molecule has 1 heterocycles. The summed E-state index contributed by atoms with van der Waals surface area (Å²) in [5.74, 6) is 0.932. The molecule has 0 aromatic heterocycles. The molecule has 0 amide bonds. The van der Waals surface area contributed by atoms with Crippen LogP contribution in [0.25, 0.3) is 0 Å². The summed E-state index contributed by atoms with van der Waals surface area (Å²) in [6, 6.07) is 2.19. The zero-order valence-corrected chi connectivity index (χ0v) is 14.0. The minimum atomic E-state index is 0.501. The van der Waals surface area contributed by atoms with Gasteiger partial charge in [0.05, 0.1) is 6.10 Å². The van der Waals surface area contributed by atoms with Crippen molar-refractivity contribution in [3.63, 3.8) is 0 Å². The molecule has 3 rings (SSSR count). The Hall–Kier alpha value is -0.120. The van der Waals surface area contributed by atoms with Gasteiger partial charge in [-0.15, -0.1) is 0 Å². The summed E-state index contributed by atoms with van der Waals surface area (Å²) >= 11 is 0. The van der Waals surface area contributed by atoms with Crippen molar-refractivity contribution >= 4 is 0 Å². The van der Waals surface area contributed by atoms with Crippen LogP contribution in [0.3, 0.4) is 0 Å².